The molecular formula is C18H30N6O. The van der Waals surface area contributed by atoms with Crippen molar-refractivity contribution >= 4 is 5.96 Å². The van der Waals surface area contributed by atoms with Crippen molar-refractivity contribution in [3.05, 3.63) is 35.5 Å². The van der Waals surface area contributed by atoms with Crippen molar-refractivity contribution in [1.29, 1.82) is 0 Å². The first kappa shape index (κ1) is 19.0. The molecule has 7 heteroatoms. The molecule has 0 atom stereocenters. The Hall–Kier alpha value is -2.31. The maximum Gasteiger partial charge on any atom is 0.191 e. The molecule has 2 N–H and O–H groups in total. The lowest BCUT2D eigenvalue weighted by atomic mass is 9.99. The third-order valence-electron chi connectivity index (χ3n) is 4.18. The Balaban J connectivity index is 1.88. The van der Waals surface area contributed by atoms with Crippen molar-refractivity contribution in [3.63, 3.8) is 0 Å². The molecule has 138 valence electrons. The number of rotatable bonds is 9. The first-order valence-electron chi connectivity index (χ1n) is 9.11. The van der Waals surface area contributed by atoms with Crippen LogP contribution in [0.3, 0.4) is 0 Å². The largest absolute Gasteiger partial charge is 0.359 e. The van der Waals surface area contributed by atoms with Crippen LogP contribution >= 0.6 is 0 Å². The second-order valence-corrected chi connectivity index (χ2v) is 6.13. The van der Waals surface area contributed by atoms with Crippen LogP contribution in [-0.2, 0) is 20.0 Å². The molecule has 2 aromatic rings. The number of nitrogens with one attached hydrogen (secondary N) is 2. The molecule has 2 heterocycles. The zero-order valence-electron chi connectivity index (χ0n) is 15.7. The molecule has 0 aliphatic heterocycles. The molecule has 0 radical (unpaired) electrons. The molecular weight excluding hydrogens is 316 g/mol. The second kappa shape index (κ2) is 9.86. The molecule has 25 heavy (non-hydrogen) atoms. The van der Waals surface area contributed by atoms with Crippen LogP contribution in [0, 0.1) is 0 Å². The fraction of sp³-hybridized carbons (Fsp3) is 0.611. The Kier molecular flexibility index (Phi) is 7.50. The minimum atomic E-state index is 0.465. The summed E-state index contributed by atoms with van der Waals surface area (Å²) in [5.74, 6) is 2.05. The van der Waals surface area contributed by atoms with Crippen molar-refractivity contribution < 1.29 is 4.52 Å². The topological polar surface area (TPSA) is 80.3 Å². The fourth-order valence-corrected chi connectivity index (χ4v) is 2.73. The van der Waals surface area contributed by atoms with Gasteiger partial charge in [-0.2, -0.15) is 5.10 Å². The van der Waals surface area contributed by atoms with E-state index >= 15 is 0 Å². The summed E-state index contributed by atoms with van der Waals surface area (Å²) >= 11 is 0. The summed E-state index contributed by atoms with van der Waals surface area (Å²) < 4.78 is 7.25. The average molecular weight is 346 g/mol. The van der Waals surface area contributed by atoms with E-state index in [0.29, 0.717) is 12.5 Å². The van der Waals surface area contributed by atoms with E-state index in [0.717, 1.165) is 49.8 Å². The van der Waals surface area contributed by atoms with Crippen molar-refractivity contribution in [2.45, 2.75) is 52.5 Å². The van der Waals surface area contributed by atoms with Crippen molar-refractivity contribution in [2.24, 2.45) is 12.0 Å². The van der Waals surface area contributed by atoms with E-state index in [-0.39, 0.29) is 0 Å². The Morgan fingerprint density at radius 2 is 2.08 bits per heavy atom. The maximum absolute atomic E-state index is 5.43. The lowest BCUT2D eigenvalue weighted by molar-refractivity contribution is 0.372. The van der Waals surface area contributed by atoms with Gasteiger partial charge in [0, 0.05) is 38.3 Å². The smallest absolute Gasteiger partial charge is 0.191 e. The van der Waals surface area contributed by atoms with Crippen molar-refractivity contribution in [2.75, 3.05) is 13.1 Å². The van der Waals surface area contributed by atoms with E-state index in [2.05, 4.69) is 46.7 Å². The minimum absolute atomic E-state index is 0.465. The summed E-state index contributed by atoms with van der Waals surface area (Å²) in [6.07, 6.45) is 6.97. The number of guanidine groups is 1. The highest BCUT2D eigenvalue weighted by molar-refractivity contribution is 5.79. The van der Waals surface area contributed by atoms with Gasteiger partial charge in [0.2, 0.25) is 0 Å². The Labute approximate surface area is 149 Å². The standard InChI is InChI=1S/C18H30N6O/c1-5-15(6-2)17-10-16(25-23-17)12-21-18(19-7-3)20-9-8-14-11-22-24(4)13-14/h10-11,13,15H,5-9,12H2,1-4H3,(H2,19,20,21). The van der Waals surface area contributed by atoms with Gasteiger partial charge in [0.05, 0.1) is 11.9 Å². The number of aryl methyl sites for hydroxylation is 1. The van der Waals surface area contributed by atoms with Crippen LogP contribution in [0.5, 0.6) is 0 Å². The molecule has 7 nitrogen and oxygen atoms in total. The summed E-state index contributed by atoms with van der Waals surface area (Å²) in [7, 11) is 1.93. The molecule has 0 aliphatic rings. The predicted octanol–water partition coefficient (Wildman–Crippen LogP) is 2.61. The monoisotopic (exact) mass is 346 g/mol. The van der Waals surface area contributed by atoms with Crippen LogP contribution in [0.25, 0.3) is 0 Å². The van der Waals surface area contributed by atoms with Gasteiger partial charge < -0.3 is 15.2 Å². The third kappa shape index (κ3) is 5.92. The molecule has 0 aliphatic carbocycles. The van der Waals surface area contributed by atoms with E-state index < -0.39 is 0 Å². The molecule has 0 unspecified atom stereocenters. The van der Waals surface area contributed by atoms with Crippen LogP contribution in [0.4, 0.5) is 0 Å². The molecule has 0 amide bonds. The number of hydrogen-bond donors (Lipinski definition) is 2. The zero-order chi connectivity index (χ0) is 18.1. The van der Waals surface area contributed by atoms with E-state index in [1.807, 2.05) is 30.2 Å². The lowest BCUT2D eigenvalue weighted by Gasteiger charge is -2.10. The normalized spacial score (nSPS) is 12.0. The van der Waals surface area contributed by atoms with Crippen LogP contribution in [-0.4, -0.2) is 34.0 Å². The molecule has 0 saturated carbocycles. The van der Waals surface area contributed by atoms with Gasteiger partial charge in [0.15, 0.2) is 11.7 Å². The number of hydrogen-bond acceptors (Lipinski definition) is 4. The van der Waals surface area contributed by atoms with Crippen molar-refractivity contribution in [3.8, 4) is 0 Å². The van der Waals surface area contributed by atoms with Gasteiger partial charge in [0.1, 0.15) is 6.54 Å². The highest BCUT2D eigenvalue weighted by Gasteiger charge is 2.12. The highest BCUT2D eigenvalue weighted by Crippen LogP contribution is 2.22. The quantitative estimate of drug-likeness (QED) is 0.539. The molecule has 0 spiro atoms. The zero-order valence-corrected chi connectivity index (χ0v) is 15.7. The summed E-state index contributed by atoms with van der Waals surface area (Å²) in [6.45, 7) is 8.50. The van der Waals surface area contributed by atoms with Gasteiger partial charge in [-0.15, -0.1) is 0 Å². The van der Waals surface area contributed by atoms with Gasteiger partial charge in [-0.3, -0.25) is 4.68 Å². The first-order chi connectivity index (χ1) is 12.2. The van der Waals surface area contributed by atoms with E-state index in [9.17, 15) is 0 Å². The summed E-state index contributed by atoms with van der Waals surface area (Å²) in [5, 5.41) is 15.0. The molecule has 2 rings (SSSR count). The lowest BCUT2D eigenvalue weighted by Crippen LogP contribution is -2.38. The van der Waals surface area contributed by atoms with Crippen LogP contribution in [0.15, 0.2) is 28.0 Å². The molecule has 0 bridgehead atoms. The molecule has 0 aromatic carbocycles. The van der Waals surface area contributed by atoms with Gasteiger partial charge in [-0.25, -0.2) is 4.99 Å². The molecule has 2 aromatic heterocycles. The summed E-state index contributed by atoms with van der Waals surface area (Å²) in [5.41, 5.74) is 2.24. The van der Waals surface area contributed by atoms with Gasteiger partial charge in [-0.1, -0.05) is 19.0 Å². The summed E-state index contributed by atoms with van der Waals surface area (Å²) in [4.78, 5) is 4.58. The van der Waals surface area contributed by atoms with Crippen molar-refractivity contribution in [1.82, 2.24) is 25.6 Å². The van der Waals surface area contributed by atoms with Crippen LogP contribution < -0.4 is 10.6 Å². The third-order valence-corrected chi connectivity index (χ3v) is 4.18. The van der Waals surface area contributed by atoms with Gasteiger partial charge in [0.25, 0.3) is 0 Å². The van der Waals surface area contributed by atoms with E-state index in [1.54, 1.807) is 0 Å². The Morgan fingerprint density at radius 3 is 2.72 bits per heavy atom. The number of nitrogens with zero attached hydrogens (tertiary/aromatic N) is 4. The maximum atomic E-state index is 5.43. The SMILES string of the molecule is CCNC(=NCc1cc(C(CC)CC)no1)NCCc1cnn(C)c1. The highest BCUT2D eigenvalue weighted by atomic mass is 16.5. The summed E-state index contributed by atoms with van der Waals surface area (Å²) in [6, 6.07) is 2.03. The number of aliphatic imine (C=N–C) groups is 1. The average Bonchev–Trinajstić information content (AvgIpc) is 3.23. The van der Waals surface area contributed by atoms with Gasteiger partial charge in [-0.05, 0) is 31.7 Å². The molecule has 0 saturated heterocycles. The number of aromatic nitrogens is 3. The molecule has 0 fully saturated rings. The second-order valence-electron chi connectivity index (χ2n) is 6.13. The Morgan fingerprint density at radius 1 is 1.28 bits per heavy atom. The minimum Gasteiger partial charge on any atom is -0.359 e. The van der Waals surface area contributed by atoms with Crippen LogP contribution in [0.1, 0.15) is 56.5 Å². The van der Waals surface area contributed by atoms with E-state index in [4.69, 9.17) is 4.52 Å². The van der Waals surface area contributed by atoms with Crippen LogP contribution in [0.2, 0.25) is 0 Å². The first-order valence-corrected chi connectivity index (χ1v) is 9.11. The predicted molar refractivity (Wildman–Crippen MR) is 99.6 cm³/mol. The van der Waals surface area contributed by atoms with E-state index in [1.165, 1.54) is 5.56 Å². The fourth-order valence-electron chi connectivity index (χ4n) is 2.73. The van der Waals surface area contributed by atoms with Gasteiger partial charge >= 0.3 is 0 Å². The Bertz CT molecular complexity index is 656.